The fourth-order valence-corrected chi connectivity index (χ4v) is 7.61. The lowest BCUT2D eigenvalue weighted by Gasteiger charge is -2.20. The van der Waals surface area contributed by atoms with E-state index in [-0.39, 0.29) is 18.0 Å². The third-order valence-electron chi connectivity index (χ3n) is 10.4. The lowest BCUT2D eigenvalue weighted by Crippen LogP contribution is -2.33. The summed E-state index contributed by atoms with van der Waals surface area (Å²) in [5, 5.41) is 11.0. The first-order valence-electron chi connectivity index (χ1n) is 18.5. The van der Waals surface area contributed by atoms with E-state index in [0.29, 0.717) is 71.1 Å². The number of hydrogen-bond acceptors (Lipinski definition) is 12. The number of rotatable bonds is 7. The summed E-state index contributed by atoms with van der Waals surface area (Å²) in [6, 6.07) is 11.6. The van der Waals surface area contributed by atoms with Crippen LogP contribution in [-0.2, 0) is 4.79 Å². The van der Waals surface area contributed by atoms with Gasteiger partial charge in [0.1, 0.15) is 47.2 Å². The molecule has 2 aliphatic rings. The minimum absolute atomic E-state index is 0.0421. The molecule has 56 heavy (non-hydrogen) atoms. The highest BCUT2D eigenvalue weighted by molar-refractivity contribution is 5.91. The van der Waals surface area contributed by atoms with Crippen LogP contribution in [0.25, 0.3) is 22.1 Å². The number of benzene rings is 2. The standard InChI is InChI=1S/C41H42N12O3/c1-25-15-27(19-31(17-25)55-3)5-7-33-36-38(42)44-23-46-40(36)52(48-33)29-9-12-50(21-29)13-11-35(54)51-14-10-30(22-51)53-41-37(39(43)45-24-47-41)34(49-53)8-6-28-16-26(2)18-32(20-28)56-4/h15-20,23-24,29-30H,9-14,21-22H2,1-4H3,(H2,42,44,46)(H2,43,45,47)/t29-,30-/m0/s1. The number of aromatic nitrogens is 8. The molecule has 15 nitrogen and oxygen atoms in total. The Kier molecular flexibility index (Phi) is 9.85. The summed E-state index contributed by atoms with van der Waals surface area (Å²) < 4.78 is 14.6. The second kappa shape index (κ2) is 15.2. The molecule has 2 fully saturated rings. The number of carbonyl (C=O) groups excluding carboxylic acids is 1. The van der Waals surface area contributed by atoms with Gasteiger partial charge in [-0.05, 0) is 86.1 Å². The molecule has 2 atom stereocenters. The van der Waals surface area contributed by atoms with E-state index in [1.54, 1.807) is 14.2 Å². The number of methoxy groups -OCH3 is 2. The van der Waals surface area contributed by atoms with Crippen molar-refractivity contribution in [3.05, 3.63) is 82.7 Å². The molecule has 284 valence electrons. The van der Waals surface area contributed by atoms with Crippen LogP contribution in [0.2, 0.25) is 0 Å². The van der Waals surface area contributed by atoms with Crippen LogP contribution < -0.4 is 20.9 Å². The Morgan fingerprint density at radius 3 is 1.77 bits per heavy atom. The van der Waals surface area contributed by atoms with Crippen LogP contribution in [0.1, 0.15) is 65.0 Å². The maximum absolute atomic E-state index is 13.6. The molecule has 0 bridgehead atoms. The number of carbonyl (C=O) groups is 1. The van der Waals surface area contributed by atoms with Crippen molar-refractivity contribution >= 4 is 39.6 Å². The molecular formula is C41H42N12O3. The van der Waals surface area contributed by atoms with Crippen molar-refractivity contribution in [2.75, 3.05) is 58.4 Å². The molecule has 0 saturated carbocycles. The molecule has 15 heteroatoms. The van der Waals surface area contributed by atoms with Crippen LogP contribution in [0.15, 0.2) is 49.1 Å². The van der Waals surface area contributed by atoms with Crippen LogP contribution in [-0.4, -0.2) is 102 Å². The number of nitrogens with two attached hydrogens (primary N) is 2. The Bertz CT molecular complexity index is 2610. The number of hydrogen-bond donors (Lipinski definition) is 2. The van der Waals surface area contributed by atoms with Gasteiger partial charge in [0, 0.05) is 50.3 Å². The third kappa shape index (κ3) is 7.24. The number of anilines is 2. The van der Waals surface area contributed by atoms with Gasteiger partial charge in [-0.25, -0.2) is 29.3 Å². The zero-order chi connectivity index (χ0) is 38.9. The normalized spacial score (nSPS) is 16.8. The summed E-state index contributed by atoms with van der Waals surface area (Å²) in [4.78, 5) is 35.3. The minimum Gasteiger partial charge on any atom is -0.497 e. The molecule has 2 saturated heterocycles. The highest BCUT2D eigenvalue weighted by Crippen LogP contribution is 2.31. The van der Waals surface area contributed by atoms with Gasteiger partial charge < -0.3 is 30.7 Å². The topological polar surface area (TPSA) is 181 Å². The van der Waals surface area contributed by atoms with Crippen LogP contribution in [0.4, 0.5) is 11.6 Å². The molecule has 8 rings (SSSR count). The van der Waals surface area contributed by atoms with Gasteiger partial charge in [0.25, 0.3) is 0 Å². The van der Waals surface area contributed by atoms with Crippen molar-refractivity contribution in [1.29, 1.82) is 0 Å². The monoisotopic (exact) mass is 750 g/mol. The number of likely N-dealkylation sites (tertiary alicyclic amines) is 2. The largest absolute Gasteiger partial charge is 0.497 e. The summed E-state index contributed by atoms with van der Waals surface area (Å²) in [6.45, 7) is 7.31. The van der Waals surface area contributed by atoms with Gasteiger partial charge in [0.2, 0.25) is 5.91 Å². The lowest BCUT2D eigenvalue weighted by atomic mass is 10.1. The van der Waals surface area contributed by atoms with Crippen molar-refractivity contribution in [3.63, 3.8) is 0 Å². The first kappa shape index (κ1) is 36.3. The van der Waals surface area contributed by atoms with Crippen molar-refractivity contribution < 1.29 is 14.3 Å². The van der Waals surface area contributed by atoms with E-state index in [1.807, 2.05) is 64.5 Å². The zero-order valence-electron chi connectivity index (χ0n) is 31.8. The van der Waals surface area contributed by atoms with Gasteiger partial charge >= 0.3 is 0 Å². The Labute approximate surface area is 324 Å². The number of nitrogens with zero attached hydrogens (tertiary/aromatic N) is 10. The summed E-state index contributed by atoms with van der Waals surface area (Å²) >= 11 is 0. The average molecular weight is 751 g/mol. The predicted octanol–water partition coefficient (Wildman–Crippen LogP) is 3.67. The van der Waals surface area contributed by atoms with Crippen molar-refractivity contribution in [2.24, 2.45) is 0 Å². The molecule has 6 aromatic rings. The number of ether oxygens (including phenoxy) is 2. The molecule has 2 aliphatic heterocycles. The fraction of sp³-hybridized carbons (Fsp3) is 0.341. The van der Waals surface area contributed by atoms with E-state index in [0.717, 1.165) is 59.7 Å². The highest BCUT2D eigenvalue weighted by atomic mass is 16.5. The maximum Gasteiger partial charge on any atom is 0.223 e. The molecule has 1 amide bonds. The van der Waals surface area contributed by atoms with Gasteiger partial charge in [0.05, 0.1) is 37.1 Å². The molecule has 4 aromatic heterocycles. The van der Waals surface area contributed by atoms with Gasteiger partial charge in [-0.3, -0.25) is 4.79 Å². The molecule has 6 heterocycles. The van der Waals surface area contributed by atoms with Crippen LogP contribution in [0.5, 0.6) is 11.5 Å². The number of nitrogen functional groups attached to an aromatic ring is 2. The number of aryl methyl sites for hydroxylation is 2. The first-order valence-corrected chi connectivity index (χ1v) is 18.5. The molecule has 0 radical (unpaired) electrons. The van der Waals surface area contributed by atoms with Gasteiger partial charge in [0.15, 0.2) is 11.3 Å². The Morgan fingerprint density at radius 1 is 0.714 bits per heavy atom. The summed E-state index contributed by atoms with van der Waals surface area (Å²) in [5.74, 6) is 15.0. The quantitative estimate of drug-likeness (QED) is 0.226. The third-order valence-corrected chi connectivity index (χ3v) is 10.4. The lowest BCUT2D eigenvalue weighted by molar-refractivity contribution is -0.130. The van der Waals surface area contributed by atoms with Gasteiger partial charge in [-0.1, -0.05) is 11.8 Å². The predicted molar refractivity (Wildman–Crippen MR) is 212 cm³/mol. The SMILES string of the molecule is COc1cc(C)cc(C#Cc2nn([C@H]3CCN(CCC(=O)N4CC[C@H](n5nc(C#Cc6cc(C)cc(OC)c6)c6c(N)ncnc65)C4)C3)c3ncnc(N)c23)c1. The minimum atomic E-state index is -0.0747. The van der Waals surface area contributed by atoms with E-state index in [9.17, 15) is 4.79 Å². The first-order chi connectivity index (χ1) is 27.2. The molecule has 4 N–H and O–H groups in total. The van der Waals surface area contributed by atoms with E-state index >= 15 is 0 Å². The summed E-state index contributed by atoms with van der Waals surface area (Å²) in [5.41, 5.74) is 18.6. The van der Waals surface area contributed by atoms with Crippen LogP contribution in [0.3, 0.4) is 0 Å². The highest BCUT2D eigenvalue weighted by Gasteiger charge is 2.32. The van der Waals surface area contributed by atoms with Gasteiger partial charge in [-0.15, -0.1) is 0 Å². The average Bonchev–Trinajstić information content (AvgIpc) is 4.01. The summed E-state index contributed by atoms with van der Waals surface area (Å²) in [7, 11) is 3.27. The maximum atomic E-state index is 13.6. The smallest absolute Gasteiger partial charge is 0.223 e. The van der Waals surface area contributed by atoms with E-state index in [2.05, 4.69) is 48.5 Å². The van der Waals surface area contributed by atoms with Crippen molar-refractivity contribution in [1.82, 2.24) is 49.3 Å². The van der Waals surface area contributed by atoms with Crippen molar-refractivity contribution in [2.45, 2.75) is 45.2 Å². The molecule has 0 aliphatic carbocycles. The Balaban J connectivity index is 0.930. The van der Waals surface area contributed by atoms with E-state index in [4.69, 9.17) is 31.1 Å². The Hall–Kier alpha value is -6.71. The number of fused-ring (bicyclic) bond motifs is 2. The van der Waals surface area contributed by atoms with Crippen LogP contribution >= 0.6 is 0 Å². The van der Waals surface area contributed by atoms with E-state index < -0.39 is 0 Å². The van der Waals surface area contributed by atoms with Crippen molar-refractivity contribution in [3.8, 4) is 35.2 Å². The molecule has 0 spiro atoms. The molecule has 0 unspecified atom stereocenters. The fourth-order valence-electron chi connectivity index (χ4n) is 7.61. The second-order valence-electron chi connectivity index (χ2n) is 14.3. The molecular weight excluding hydrogens is 709 g/mol. The van der Waals surface area contributed by atoms with Gasteiger partial charge in [-0.2, -0.15) is 10.2 Å². The molecule has 2 aromatic carbocycles. The number of amides is 1. The Morgan fingerprint density at radius 2 is 1.23 bits per heavy atom. The summed E-state index contributed by atoms with van der Waals surface area (Å²) in [6.07, 6.45) is 4.88. The second-order valence-corrected chi connectivity index (χ2v) is 14.3. The van der Waals surface area contributed by atoms with E-state index in [1.165, 1.54) is 12.7 Å². The zero-order valence-corrected chi connectivity index (χ0v) is 31.8. The van der Waals surface area contributed by atoms with Crippen LogP contribution in [0, 0.1) is 37.5 Å².